The van der Waals surface area contributed by atoms with Crippen LogP contribution < -0.4 is 10.5 Å². The highest BCUT2D eigenvalue weighted by Gasteiger charge is 2.06. The van der Waals surface area contributed by atoms with Crippen LogP contribution in [0.25, 0.3) is 11.4 Å². The summed E-state index contributed by atoms with van der Waals surface area (Å²) in [5.41, 5.74) is 7.75. The van der Waals surface area contributed by atoms with Crippen LogP contribution in [0.4, 0.5) is 5.95 Å². The number of methoxy groups -OCH3 is 1. The number of nitrogens with two attached hydrogens (primary N) is 1. The van der Waals surface area contributed by atoms with Crippen molar-refractivity contribution in [2.24, 2.45) is 0 Å². The number of rotatable bonds is 3. The second-order valence-corrected chi connectivity index (χ2v) is 3.55. The Labute approximate surface area is 99.7 Å². The van der Waals surface area contributed by atoms with Crippen LogP contribution in [0.2, 0.25) is 0 Å². The van der Waals surface area contributed by atoms with Gasteiger partial charge in [0.25, 0.3) is 0 Å². The van der Waals surface area contributed by atoms with Crippen molar-refractivity contribution >= 4 is 5.95 Å². The fraction of sp³-hybridized carbons (Fsp3) is 0.250. The summed E-state index contributed by atoms with van der Waals surface area (Å²) in [5.74, 6) is 0.684. The summed E-state index contributed by atoms with van der Waals surface area (Å²) in [6.07, 6.45) is 1.00. The lowest BCUT2D eigenvalue weighted by Gasteiger charge is -2.04. The van der Waals surface area contributed by atoms with Gasteiger partial charge < -0.3 is 10.5 Å². The van der Waals surface area contributed by atoms with E-state index in [0.717, 1.165) is 12.0 Å². The van der Waals surface area contributed by atoms with Gasteiger partial charge in [-0.25, -0.2) is 0 Å². The van der Waals surface area contributed by atoms with Crippen molar-refractivity contribution in [2.75, 3.05) is 12.8 Å². The van der Waals surface area contributed by atoms with E-state index < -0.39 is 0 Å². The van der Waals surface area contributed by atoms with E-state index in [2.05, 4.69) is 21.9 Å². The molecule has 0 amide bonds. The second kappa shape index (κ2) is 4.78. The van der Waals surface area contributed by atoms with Crippen LogP contribution in [-0.2, 0) is 6.42 Å². The Kier molecular flexibility index (Phi) is 3.18. The molecule has 17 heavy (non-hydrogen) atoms. The zero-order valence-corrected chi connectivity index (χ0v) is 9.84. The van der Waals surface area contributed by atoms with E-state index in [-0.39, 0.29) is 12.0 Å². The van der Waals surface area contributed by atoms with Gasteiger partial charge in [0.1, 0.15) is 0 Å². The first kappa shape index (κ1) is 11.3. The molecule has 5 heteroatoms. The highest BCUT2D eigenvalue weighted by molar-refractivity contribution is 5.56. The number of aromatic nitrogens is 3. The molecule has 0 unspecified atom stereocenters. The van der Waals surface area contributed by atoms with E-state index >= 15 is 0 Å². The lowest BCUT2D eigenvalue weighted by atomic mass is 10.1. The molecule has 0 radical (unpaired) electrons. The minimum Gasteiger partial charge on any atom is -0.467 e. The molecule has 1 heterocycles. The Morgan fingerprint density at radius 2 is 1.82 bits per heavy atom. The first-order valence-corrected chi connectivity index (χ1v) is 5.37. The number of nitrogens with zero attached hydrogens (tertiary/aromatic N) is 3. The number of ether oxygens (including phenoxy) is 1. The lowest BCUT2D eigenvalue weighted by molar-refractivity contribution is 0.379. The van der Waals surface area contributed by atoms with Crippen LogP contribution in [0.5, 0.6) is 6.01 Å². The molecule has 0 aliphatic carbocycles. The van der Waals surface area contributed by atoms with Gasteiger partial charge in [0.05, 0.1) is 7.11 Å². The Morgan fingerprint density at radius 3 is 2.41 bits per heavy atom. The molecule has 5 nitrogen and oxygen atoms in total. The van der Waals surface area contributed by atoms with Crippen molar-refractivity contribution in [3.05, 3.63) is 29.8 Å². The number of benzene rings is 1. The summed E-state index contributed by atoms with van der Waals surface area (Å²) in [7, 11) is 1.50. The largest absolute Gasteiger partial charge is 0.467 e. The van der Waals surface area contributed by atoms with Crippen molar-refractivity contribution < 1.29 is 4.74 Å². The number of anilines is 1. The summed E-state index contributed by atoms with van der Waals surface area (Å²) in [6, 6.07) is 8.25. The molecule has 2 aromatic rings. The molecule has 2 N–H and O–H groups in total. The van der Waals surface area contributed by atoms with Crippen LogP contribution in [0, 0.1) is 0 Å². The summed E-state index contributed by atoms with van der Waals surface area (Å²) in [4.78, 5) is 12.1. The standard InChI is InChI=1S/C12H14N4O/c1-3-8-4-6-9(7-5-8)10-14-11(13)16-12(15-10)17-2/h4-7H,3H2,1-2H3,(H2,13,14,15,16). The highest BCUT2D eigenvalue weighted by Crippen LogP contribution is 2.18. The maximum absolute atomic E-state index is 5.59. The van der Waals surface area contributed by atoms with Crippen LogP contribution >= 0.6 is 0 Å². The van der Waals surface area contributed by atoms with Crippen LogP contribution in [0.3, 0.4) is 0 Å². The molecular formula is C12H14N4O. The van der Waals surface area contributed by atoms with Gasteiger partial charge in [-0.15, -0.1) is 0 Å². The van der Waals surface area contributed by atoms with Gasteiger partial charge in [0.2, 0.25) is 5.95 Å². The van der Waals surface area contributed by atoms with Gasteiger partial charge in [-0.1, -0.05) is 31.2 Å². The molecule has 1 aromatic carbocycles. The van der Waals surface area contributed by atoms with Gasteiger partial charge in [-0.3, -0.25) is 0 Å². The van der Waals surface area contributed by atoms with Crippen molar-refractivity contribution in [2.45, 2.75) is 13.3 Å². The molecule has 0 spiro atoms. The predicted octanol–water partition coefficient (Wildman–Crippen LogP) is 1.69. The van der Waals surface area contributed by atoms with Gasteiger partial charge >= 0.3 is 6.01 Å². The SMILES string of the molecule is CCc1ccc(-c2nc(N)nc(OC)n2)cc1. The molecule has 2 rings (SSSR count). The van der Waals surface area contributed by atoms with E-state index in [0.29, 0.717) is 5.82 Å². The van der Waals surface area contributed by atoms with Crippen LogP contribution in [0.1, 0.15) is 12.5 Å². The average Bonchev–Trinajstić information content (AvgIpc) is 2.38. The zero-order chi connectivity index (χ0) is 12.3. The third kappa shape index (κ3) is 2.50. The van der Waals surface area contributed by atoms with Crippen molar-refractivity contribution in [1.82, 2.24) is 15.0 Å². The smallest absolute Gasteiger partial charge is 0.321 e. The normalized spacial score (nSPS) is 10.2. The fourth-order valence-corrected chi connectivity index (χ4v) is 1.48. The molecular weight excluding hydrogens is 216 g/mol. The Balaban J connectivity index is 2.41. The summed E-state index contributed by atoms with van der Waals surface area (Å²) < 4.78 is 4.96. The maximum Gasteiger partial charge on any atom is 0.321 e. The van der Waals surface area contributed by atoms with E-state index in [1.807, 2.05) is 24.3 Å². The summed E-state index contributed by atoms with van der Waals surface area (Å²) in [5, 5.41) is 0. The Hall–Kier alpha value is -2.17. The number of hydrogen-bond donors (Lipinski definition) is 1. The molecule has 0 aliphatic heterocycles. The topological polar surface area (TPSA) is 73.9 Å². The van der Waals surface area contributed by atoms with Gasteiger partial charge in [-0.05, 0) is 12.0 Å². The van der Waals surface area contributed by atoms with E-state index in [9.17, 15) is 0 Å². The molecule has 0 fully saturated rings. The Morgan fingerprint density at radius 1 is 1.12 bits per heavy atom. The van der Waals surface area contributed by atoms with E-state index in [1.54, 1.807) is 0 Å². The minimum atomic E-state index is 0.159. The first-order chi connectivity index (χ1) is 8.22. The molecule has 0 saturated heterocycles. The second-order valence-electron chi connectivity index (χ2n) is 3.55. The van der Waals surface area contributed by atoms with Gasteiger partial charge in [0, 0.05) is 5.56 Å². The van der Waals surface area contributed by atoms with Crippen molar-refractivity contribution in [3.63, 3.8) is 0 Å². The molecule has 88 valence electrons. The van der Waals surface area contributed by atoms with E-state index in [4.69, 9.17) is 10.5 Å². The maximum atomic E-state index is 5.59. The number of hydrogen-bond acceptors (Lipinski definition) is 5. The molecule has 0 atom stereocenters. The third-order valence-electron chi connectivity index (χ3n) is 2.44. The highest BCUT2D eigenvalue weighted by atomic mass is 16.5. The summed E-state index contributed by atoms with van der Waals surface area (Å²) in [6.45, 7) is 2.11. The van der Waals surface area contributed by atoms with Crippen LogP contribution in [-0.4, -0.2) is 22.1 Å². The van der Waals surface area contributed by atoms with Gasteiger partial charge in [0.15, 0.2) is 5.82 Å². The van der Waals surface area contributed by atoms with Gasteiger partial charge in [-0.2, -0.15) is 15.0 Å². The first-order valence-electron chi connectivity index (χ1n) is 5.37. The number of nitrogen functional groups attached to an aromatic ring is 1. The number of aryl methyl sites for hydroxylation is 1. The molecule has 0 saturated carbocycles. The molecule has 0 bridgehead atoms. The third-order valence-corrected chi connectivity index (χ3v) is 2.44. The molecule has 1 aromatic heterocycles. The Bertz CT molecular complexity index is 510. The van der Waals surface area contributed by atoms with Crippen molar-refractivity contribution in [3.8, 4) is 17.4 Å². The predicted molar refractivity (Wildman–Crippen MR) is 65.6 cm³/mol. The average molecular weight is 230 g/mol. The van der Waals surface area contributed by atoms with Crippen LogP contribution in [0.15, 0.2) is 24.3 Å². The lowest BCUT2D eigenvalue weighted by Crippen LogP contribution is -2.02. The van der Waals surface area contributed by atoms with Crippen molar-refractivity contribution in [1.29, 1.82) is 0 Å². The molecule has 0 aliphatic rings. The summed E-state index contributed by atoms with van der Waals surface area (Å²) >= 11 is 0. The zero-order valence-electron chi connectivity index (χ0n) is 9.84. The quantitative estimate of drug-likeness (QED) is 0.868. The minimum absolute atomic E-state index is 0.159. The monoisotopic (exact) mass is 230 g/mol. The fourth-order valence-electron chi connectivity index (χ4n) is 1.48. The van der Waals surface area contributed by atoms with E-state index in [1.165, 1.54) is 12.7 Å².